The van der Waals surface area contributed by atoms with E-state index < -0.39 is 0 Å². The molecule has 0 radical (unpaired) electrons. The van der Waals surface area contributed by atoms with Crippen molar-refractivity contribution in [1.29, 1.82) is 0 Å². The highest BCUT2D eigenvalue weighted by Gasteiger charge is 2.03. The molecule has 4 N–H and O–H groups in total. The van der Waals surface area contributed by atoms with E-state index in [1.54, 1.807) is 0 Å². The number of nitrogens with two attached hydrogens (primary N) is 1. The van der Waals surface area contributed by atoms with Crippen LogP contribution in [0.1, 0.15) is 17.2 Å². The van der Waals surface area contributed by atoms with Gasteiger partial charge in [-0.05, 0) is 23.3 Å². The number of benzene rings is 2. The van der Waals surface area contributed by atoms with Crippen molar-refractivity contribution in [3.63, 3.8) is 0 Å². The summed E-state index contributed by atoms with van der Waals surface area (Å²) in [6.07, 6.45) is 0. The number of nitrogens with one attached hydrogen (secondary N) is 1. The summed E-state index contributed by atoms with van der Waals surface area (Å²) in [7, 11) is 0. The van der Waals surface area contributed by atoms with E-state index in [2.05, 4.69) is 17.4 Å². The Morgan fingerprint density at radius 2 is 1.67 bits per heavy atom. The topological polar surface area (TPSA) is 58.3 Å². The second-order valence-corrected chi connectivity index (χ2v) is 4.25. The van der Waals surface area contributed by atoms with E-state index in [0.717, 1.165) is 17.8 Å². The van der Waals surface area contributed by atoms with Gasteiger partial charge < -0.3 is 16.2 Å². The first-order valence-electron chi connectivity index (χ1n) is 6.04. The summed E-state index contributed by atoms with van der Waals surface area (Å²) in [5, 5.41) is 12.3. The van der Waals surface area contributed by atoms with Gasteiger partial charge in [-0.3, -0.25) is 0 Å². The van der Waals surface area contributed by atoms with E-state index in [-0.39, 0.29) is 12.6 Å². The highest BCUT2D eigenvalue weighted by Crippen LogP contribution is 2.15. The number of rotatable bonds is 5. The van der Waals surface area contributed by atoms with E-state index in [9.17, 15) is 0 Å². The maximum absolute atomic E-state index is 8.97. The second-order valence-electron chi connectivity index (χ2n) is 4.25. The lowest BCUT2D eigenvalue weighted by molar-refractivity contribution is 0.268. The molecule has 0 aliphatic rings. The van der Waals surface area contributed by atoms with Crippen LogP contribution in [0.3, 0.4) is 0 Å². The fourth-order valence-electron chi connectivity index (χ4n) is 1.75. The summed E-state index contributed by atoms with van der Waals surface area (Å²) in [4.78, 5) is 0. The lowest BCUT2D eigenvalue weighted by atomic mass is 10.1. The molecule has 0 saturated heterocycles. The minimum Gasteiger partial charge on any atom is -0.394 e. The molecule has 0 aromatic heterocycles. The Balaban J connectivity index is 1.94. The van der Waals surface area contributed by atoms with E-state index in [1.807, 2.05) is 42.5 Å². The standard InChI is InChI=1S/C15H18N2O/c16-15(11-18)13-6-8-14(9-7-13)17-10-12-4-2-1-3-5-12/h1-9,15,17-18H,10-11,16H2/t15-/m0/s1. The summed E-state index contributed by atoms with van der Waals surface area (Å²) in [5.74, 6) is 0. The van der Waals surface area contributed by atoms with E-state index in [0.29, 0.717) is 0 Å². The van der Waals surface area contributed by atoms with Gasteiger partial charge in [-0.1, -0.05) is 42.5 Å². The van der Waals surface area contributed by atoms with Crippen LogP contribution < -0.4 is 11.1 Å². The minimum atomic E-state index is -0.298. The van der Waals surface area contributed by atoms with Gasteiger partial charge in [0.05, 0.1) is 12.6 Å². The largest absolute Gasteiger partial charge is 0.394 e. The van der Waals surface area contributed by atoms with Crippen LogP contribution in [0.5, 0.6) is 0 Å². The molecule has 0 spiro atoms. The van der Waals surface area contributed by atoms with Gasteiger partial charge in [0, 0.05) is 12.2 Å². The molecule has 0 aliphatic heterocycles. The molecule has 3 nitrogen and oxygen atoms in total. The summed E-state index contributed by atoms with van der Waals surface area (Å²) in [6, 6.07) is 17.8. The van der Waals surface area contributed by atoms with Gasteiger partial charge in [-0.25, -0.2) is 0 Å². The molecule has 0 amide bonds. The predicted octanol–water partition coefficient (Wildman–Crippen LogP) is 2.29. The second kappa shape index (κ2) is 6.19. The van der Waals surface area contributed by atoms with E-state index >= 15 is 0 Å². The molecule has 1 atom stereocenters. The summed E-state index contributed by atoms with van der Waals surface area (Å²) >= 11 is 0. The maximum Gasteiger partial charge on any atom is 0.0624 e. The van der Waals surface area contributed by atoms with Crippen molar-refractivity contribution >= 4 is 5.69 Å². The molecule has 0 saturated carbocycles. The molecule has 3 heteroatoms. The van der Waals surface area contributed by atoms with Gasteiger partial charge in [0.15, 0.2) is 0 Å². The minimum absolute atomic E-state index is 0.0310. The Kier molecular flexibility index (Phi) is 4.34. The molecule has 94 valence electrons. The number of hydrogen-bond acceptors (Lipinski definition) is 3. The van der Waals surface area contributed by atoms with Crippen LogP contribution in [0.25, 0.3) is 0 Å². The molecule has 2 rings (SSSR count). The van der Waals surface area contributed by atoms with Gasteiger partial charge >= 0.3 is 0 Å². The number of aliphatic hydroxyl groups is 1. The number of aliphatic hydroxyl groups excluding tert-OH is 1. The van der Waals surface area contributed by atoms with Crippen molar-refractivity contribution < 1.29 is 5.11 Å². The Bertz CT molecular complexity index is 468. The summed E-state index contributed by atoms with van der Waals surface area (Å²) < 4.78 is 0. The molecule has 0 bridgehead atoms. The van der Waals surface area contributed by atoms with E-state index in [4.69, 9.17) is 10.8 Å². The van der Waals surface area contributed by atoms with Crippen LogP contribution in [0.2, 0.25) is 0 Å². The third-order valence-corrected chi connectivity index (χ3v) is 2.87. The van der Waals surface area contributed by atoms with Gasteiger partial charge in [0.1, 0.15) is 0 Å². The SMILES string of the molecule is N[C@@H](CO)c1ccc(NCc2ccccc2)cc1. The molecule has 0 heterocycles. The molecular weight excluding hydrogens is 224 g/mol. The van der Waals surface area contributed by atoms with Crippen molar-refractivity contribution in [2.24, 2.45) is 5.73 Å². The first-order valence-corrected chi connectivity index (χ1v) is 6.04. The molecule has 2 aromatic carbocycles. The third kappa shape index (κ3) is 3.32. The lowest BCUT2D eigenvalue weighted by Gasteiger charge is -2.10. The van der Waals surface area contributed by atoms with Crippen molar-refractivity contribution in [3.8, 4) is 0 Å². The number of anilines is 1. The Morgan fingerprint density at radius 3 is 2.28 bits per heavy atom. The zero-order valence-electron chi connectivity index (χ0n) is 10.2. The fraction of sp³-hybridized carbons (Fsp3) is 0.200. The van der Waals surface area contributed by atoms with Crippen LogP contribution in [-0.4, -0.2) is 11.7 Å². The molecule has 2 aromatic rings. The molecule has 18 heavy (non-hydrogen) atoms. The van der Waals surface area contributed by atoms with Gasteiger partial charge in [0.25, 0.3) is 0 Å². The Morgan fingerprint density at radius 1 is 1.00 bits per heavy atom. The van der Waals surface area contributed by atoms with Crippen molar-refractivity contribution in [1.82, 2.24) is 0 Å². The first-order chi connectivity index (χ1) is 8.79. The third-order valence-electron chi connectivity index (χ3n) is 2.87. The van der Waals surface area contributed by atoms with Gasteiger partial charge in [-0.15, -0.1) is 0 Å². The summed E-state index contributed by atoms with van der Waals surface area (Å²) in [6.45, 7) is 0.767. The maximum atomic E-state index is 8.97. The van der Waals surface area contributed by atoms with Crippen LogP contribution in [0, 0.1) is 0 Å². The monoisotopic (exact) mass is 242 g/mol. The highest BCUT2D eigenvalue weighted by atomic mass is 16.3. The Labute approximate surface area is 107 Å². The molecule has 0 fully saturated rings. The van der Waals surface area contributed by atoms with Gasteiger partial charge in [-0.2, -0.15) is 0 Å². The molecule has 0 aliphatic carbocycles. The zero-order chi connectivity index (χ0) is 12.8. The fourth-order valence-corrected chi connectivity index (χ4v) is 1.75. The van der Waals surface area contributed by atoms with Crippen molar-refractivity contribution in [2.45, 2.75) is 12.6 Å². The Hall–Kier alpha value is -1.84. The summed E-state index contributed by atoms with van der Waals surface area (Å²) in [5.41, 5.74) is 8.98. The average Bonchev–Trinajstić information content (AvgIpc) is 2.46. The zero-order valence-corrected chi connectivity index (χ0v) is 10.2. The average molecular weight is 242 g/mol. The molecule has 0 unspecified atom stereocenters. The molecular formula is C15H18N2O. The lowest BCUT2D eigenvalue weighted by Crippen LogP contribution is -2.14. The van der Waals surface area contributed by atoms with Crippen LogP contribution in [-0.2, 0) is 6.54 Å². The predicted molar refractivity (Wildman–Crippen MR) is 74.2 cm³/mol. The van der Waals surface area contributed by atoms with Crippen molar-refractivity contribution in [2.75, 3.05) is 11.9 Å². The van der Waals surface area contributed by atoms with Crippen molar-refractivity contribution in [3.05, 3.63) is 65.7 Å². The van der Waals surface area contributed by atoms with E-state index in [1.165, 1.54) is 5.56 Å². The number of hydrogen-bond donors (Lipinski definition) is 3. The van der Waals surface area contributed by atoms with Gasteiger partial charge in [0.2, 0.25) is 0 Å². The normalized spacial score (nSPS) is 12.1. The van der Waals surface area contributed by atoms with Crippen LogP contribution in [0.4, 0.5) is 5.69 Å². The quantitative estimate of drug-likeness (QED) is 0.754. The van der Waals surface area contributed by atoms with Crippen LogP contribution >= 0.6 is 0 Å². The highest BCUT2D eigenvalue weighted by molar-refractivity contribution is 5.45. The smallest absolute Gasteiger partial charge is 0.0624 e. The van der Waals surface area contributed by atoms with Crippen LogP contribution in [0.15, 0.2) is 54.6 Å². The first kappa shape index (κ1) is 12.6.